The molecule has 0 aliphatic heterocycles. The maximum Gasteiger partial charge on any atom is 0.322 e. The van der Waals surface area contributed by atoms with Gasteiger partial charge in [-0.1, -0.05) is 19.8 Å². The number of unbranched alkanes of at least 4 members (excludes halogenated alkanes) is 1. The van der Waals surface area contributed by atoms with E-state index < -0.39 is 0 Å². The lowest BCUT2D eigenvalue weighted by molar-refractivity contribution is -0.142. The first-order chi connectivity index (χ1) is 6.11. The van der Waals surface area contributed by atoms with Gasteiger partial charge in [0.2, 0.25) is 0 Å². The van der Waals surface area contributed by atoms with E-state index in [1.54, 1.807) is 0 Å². The van der Waals surface area contributed by atoms with Crippen molar-refractivity contribution in [3.8, 4) is 0 Å². The number of methoxy groups -OCH3 is 1. The van der Waals surface area contributed by atoms with Gasteiger partial charge in [0, 0.05) is 6.04 Å². The molecule has 78 valence electrons. The van der Waals surface area contributed by atoms with E-state index in [9.17, 15) is 4.79 Å². The number of esters is 1. The zero-order valence-corrected chi connectivity index (χ0v) is 9.09. The van der Waals surface area contributed by atoms with Crippen molar-refractivity contribution in [2.45, 2.75) is 52.1 Å². The zero-order chi connectivity index (χ0) is 10.3. The second-order valence-corrected chi connectivity index (χ2v) is 3.45. The van der Waals surface area contributed by atoms with Crippen LogP contribution in [-0.4, -0.2) is 25.2 Å². The monoisotopic (exact) mass is 187 g/mol. The Hall–Kier alpha value is -0.570. The molecule has 1 unspecified atom stereocenters. The summed E-state index contributed by atoms with van der Waals surface area (Å²) in [5.41, 5.74) is 0. The van der Waals surface area contributed by atoms with Gasteiger partial charge in [-0.05, 0) is 20.3 Å². The van der Waals surface area contributed by atoms with Crippen LogP contribution in [0.3, 0.4) is 0 Å². The van der Waals surface area contributed by atoms with Crippen LogP contribution < -0.4 is 5.32 Å². The summed E-state index contributed by atoms with van der Waals surface area (Å²) in [6.07, 6.45) is 3.50. The average Bonchev–Trinajstić information content (AvgIpc) is 2.13. The lowest BCUT2D eigenvalue weighted by Crippen LogP contribution is -2.40. The highest BCUT2D eigenvalue weighted by Crippen LogP contribution is 2.01. The summed E-state index contributed by atoms with van der Waals surface area (Å²) in [7, 11) is 1.41. The molecule has 0 saturated carbocycles. The Bertz CT molecular complexity index is 148. The summed E-state index contributed by atoms with van der Waals surface area (Å²) in [6.45, 7) is 6.08. The summed E-state index contributed by atoms with van der Waals surface area (Å²) in [4.78, 5) is 11.0. The Balaban J connectivity index is 3.64. The molecule has 1 N–H and O–H groups in total. The normalized spacial score (nSPS) is 15.1. The molecule has 0 radical (unpaired) electrons. The molecule has 0 aliphatic rings. The molecule has 0 heterocycles. The lowest BCUT2D eigenvalue weighted by atomic mass is 10.1. The van der Waals surface area contributed by atoms with Crippen molar-refractivity contribution in [2.24, 2.45) is 0 Å². The smallest absolute Gasteiger partial charge is 0.322 e. The summed E-state index contributed by atoms with van der Waals surface area (Å²) >= 11 is 0. The third kappa shape index (κ3) is 5.64. The van der Waals surface area contributed by atoms with Crippen molar-refractivity contribution in [3.63, 3.8) is 0 Å². The van der Waals surface area contributed by atoms with Gasteiger partial charge in [0.1, 0.15) is 6.04 Å². The van der Waals surface area contributed by atoms with Crippen molar-refractivity contribution in [1.29, 1.82) is 0 Å². The third-order valence-electron chi connectivity index (χ3n) is 2.08. The van der Waals surface area contributed by atoms with Gasteiger partial charge in [-0.15, -0.1) is 0 Å². The van der Waals surface area contributed by atoms with Gasteiger partial charge >= 0.3 is 5.97 Å². The first kappa shape index (κ1) is 12.4. The molecule has 0 aromatic carbocycles. The molecule has 0 bridgehead atoms. The third-order valence-corrected chi connectivity index (χ3v) is 2.08. The Morgan fingerprint density at radius 1 is 1.46 bits per heavy atom. The number of hydrogen-bond acceptors (Lipinski definition) is 3. The maximum atomic E-state index is 11.0. The van der Waals surface area contributed by atoms with Crippen LogP contribution in [0.1, 0.15) is 40.0 Å². The topological polar surface area (TPSA) is 38.3 Å². The highest BCUT2D eigenvalue weighted by Gasteiger charge is 2.14. The Morgan fingerprint density at radius 3 is 2.54 bits per heavy atom. The predicted octanol–water partition coefficient (Wildman–Crippen LogP) is 1.72. The molecule has 0 fully saturated rings. The van der Waals surface area contributed by atoms with E-state index in [0.717, 1.165) is 6.42 Å². The molecule has 0 amide bonds. The molecule has 0 aromatic rings. The first-order valence-corrected chi connectivity index (χ1v) is 4.95. The second-order valence-electron chi connectivity index (χ2n) is 3.45. The molecule has 13 heavy (non-hydrogen) atoms. The molecule has 0 rings (SSSR count). The summed E-state index contributed by atoms with van der Waals surface area (Å²) in [5, 5.41) is 3.19. The van der Waals surface area contributed by atoms with Crippen molar-refractivity contribution in [3.05, 3.63) is 0 Å². The highest BCUT2D eigenvalue weighted by molar-refractivity contribution is 5.75. The van der Waals surface area contributed by atoms with Crippen molar-refractivity contribution in [2.75, 3.05) is 7.11 Å². The molecule has 2 atom stereocenters. The molecule has 3 heteroatoms. The highest BCUT2D eigenvalue weighted by atomic mass is 16.5. The molecular weight excluding hydrogens is 166 g/mol. The number of carbonyl (C=O) groups excluding carboxylic acids is 1. The van der Waals surface area contributed by atoms with Gasteiger partial charge in [-0.25, -0.2) is 0 Å². The van der Waals surface area contributed by atoms with Crippen LogP contribution in [0, 0.1) is 0 Å². The minimum atomic E-state index is -0.197. The Kier molecular flexibility index (Phi) is 6.59. The molecular formula is C10H21NO2. The van der Waals surface area contributed by atoms with Crippen molar-refractivity contribution >= 4 is 5.97 Å². The number of nitrogens with one attached hydrogen (secondary N) is 1. The quantitative estimate of drug-likeness (QED) is 0.643. The van der Waals surface area contributed by atoms with E-state index in [-0.39, 0.29) is 12.0 Å². The largest absolute Gasteiger partial charge is 0.468 e. The van der Waals surface area contributed by atoms with Crippen LogP contribution in [0.5, 0.6) is 0 Å². The van der Waals surface area contributed by atoms with Gasteiger partial charge in [0.05, 0.1) is 7.11 Å². The fourth-order valence-corrected chi connectivity index (χ4v) is 1.27. The lowest BCUT2D eigenvalue weighted by Gasteiger charge is -2.17. The average molecular weight is 187 g/mol. The van der Waals surface area contributed by atoms with Crippen LogP contribution in [0.15, 0.2) is 0 Å². The molecule has 0 aromatic heterocycles. The Labute approximate surface area is 80.8 Å². The van der Waals surface area contributed by atoms with Crippen molar-refractivity contribution < 1.29 is 9.53 Å². The van der Waals surface area contributed by atoms with E-state index in [1.807, 2.05) is 6.92 Å². The number of hydrogen-bond donors (Lipinski definition) is 1. The zero-order valence-electron chi connectivity index (χ0n) is 9.09. The first-order valence-electron chi connectivity index (χ1n) is 4.95. The van der Waals surface area contributed by atoms with Crippen LogP contribution in [-0.2, 0) is 9.53 Å². The molecule has 0 aliphatic carbocycles. The van der Waals surface area contributed by atoms with Gasteiger partial charge in [0.25, 0.3) is 0 Å². The maximum absolute atomic E-state index is 11.0. The van der Waals surface area contributed by atoms with Gasteiger partial charge in [-0.2, -0.15) is 0 Å². The minimum absolute atomic E-state index is 0.191. The van der Waals surface area contributed by atoms with Crippen LogP contribution >= 0.6 is 0 Å². The number of ether oxygens (including phenoxy) is 1. The van der Waals surface area contributed by atoms with Crippen LogP contribution in [0.2, 0.25) is 0 Å². The fraction of sp³-hybridized carbons (Fsp3) is 0.900. The minimum Gasteiger partial charge on any atom is -0.468 e. The Morgan fingerprint density at radius 2 is 2.08 bits per heavy atom. The van der Waals surface area contributed by atoms with Gasteiger partial charge in [-0.3, -0.25) is 4.79 Å². The predicted molar refractivity (Wildman–Crippen MR) is 53.6 cm³/mol. The van der Waals surface area contributed by atoms with E-state index >= 15 is 0 Å². The number of rotatable bonds is 6. The molecule has 0 spiro atoms. The SMILES string of the molecule is CCCCC(C)N[C@@H](C)C(=O)OC. The van der Waals surface area contributed by atoms with Gasteiger partial charge in [0.15, 0.2) is 0 Å². The van der Waals surface area contributed by atoms with Gasteiger partial charge < -0.3 is 10.1 Å². The summed E-state index contributed by atoms with van der Waals surface area (Å²) in [5.74, 6) is -0.191. The van der Waals surface area contributed by atoms with Crippen molar-refractivity contribution in [1.82, 2.24) is 5.32 Å². The summed E-state index contributed by atoms with van der Waals surface area (Å²) in [6, 6.07) is 0.186. The standard InChI is InChI=1S/C10H21NO2/c1-5-6-7-8(2)11-9(3)10(12)13-4/h8-9,11H,5-7H2,1-4H3/t8?,9-/m0/s1. The van der Waals surface area contributed by atoms with E-state index in [1.165, 1.54) is 20.0 Å². The van der Waals surface area contributed by atoms with Crippen LogP contribution in [0.4, 0.5) is 0 Å². The fourth-order valence-electron chi connectivity index (χ4n) is 1.27. The number of carbonyl (C=O) groups is 1. The van der Waals surface area contributed by atoms with E-state index in [0.29, 0.717) is 6.04 Å². The van der Waals surface area contributed by atoms with E-state index in [2.05, 4.69) is 23.9 Å². The van der Waals surface area contributed by atoms with Crippen LogP contribution in [0.25, 0.3) is 0 Å². The molecule has 3 nitrogen and oxygen atoms in total. The second kappa shape index (κ2) is 6.89. The van der Waals surface area contributed by atoms with E-state index in [4.69, 9.17) is 0 Å². The summed E-state index contributed by atoms with van der Waals surface area (Å²) < 4.78 is 4.62. The molecule has 0 saturated heterocycles.